The summed E-state index contributed by atoms with van der Waals surface area (Å²) >= 11 is 6.51. The number of phenolic OH excluding ortho intramolecular Hbond substituents is 1. The maximum absolute atomic E-state index is 12.9. The Hall–Kier alpha value is -2.35. The molecule has 2 aromatic rings. The molecular formula is C29H35ClN2O5. The number of benzene rings is 1. The van der Waals surface area contributed by atoms with Gasteiger partial charge in [0.05, 0.1) is 29.7 Å². The Bertz CT molecular complexity index is 1330. The molecule has 4 heterocycles. The molecule has 1 aromatic carbocycles. The number of halogens is 1. The van der Waals surface area contributed by atoms with Crippen LogP contribution in [0.15, 0.2) is 26.9 Å². The highest BCUT2D eigenvalue weighted by Crippen LogP contribution is 2.46. The number of piperidine rings is 3. The minimum atomic E-state index is -0.582. The molecule has 3 aliphatic heterocycles. The quantitative estimate of drug-likeness (QED) is 0.355. The second kappa shape index (κ2) is 9.75. The topological polar surface area (TPSA) is 83.2 Å². The van der Waals surface area contributed by atoms with Crippen molar-refractivity contribution in [2.24, 2.45) is 11.8 Å². The number of rotatable bonds is 4. The lowest BCUT2D eigenvalue weighted by molar-refractivity contribution is -0.139. The molecule has 8 heteroatoms. The Labute approximate surface area is 222 Å². The number of hydrogen-bond donors (Lipinski definition) is 1. The number of carbonyl (C=O) groups is 1. The molecular weight excluding hydrogens is 492 g/mol. The lowest BCUT2D eigenvalue weighted by Gasteiger charge is -2.54. The number of aromatic hydroxyl groups is 1. The zero-order valence-corrected chi connectivity index (χ0v) is 22.4. The zero-order chi connectivity index (χ0) is 25.8. The first kappa shape index (κ1) is 25.0. The molecule has 1 N–H and O–H groups in total. The molecule has 0 unspecified atom stereocenters. The Morgan fingerprint density at radius 3 is 2.89 bits per heavy atom. The van der Waals surface area contributed by atoms with E-state index < -0.39 is 11.6 Å². The molecule has 3 fully saturated rings. The predicted octanol–water partition coefficient (Wildman–Crippen LogP) is 4.57. The maximum atomic E-state index is 12.9. The number of fused-ring (bicyclic) bond motifs is 7. The van der Waals surface area contributed by atoms with Gasteiger partial charge in [-0.3, -0.25) is 14.6 Å². The summed E-state index contributed by atoms with van der Waals surface area (Å²) in [6, 6.07) is 2.65. The molecule has 1 aromatic heterocycles. The van der Waals surface area contributed by atoms with E-state index in [1.807, 2.05) is 0 Å². The van der Waals surface area contributed by atoms with Crippen LogP contribution in [0, 0.1) is 18.8 Å². The summed E-state index contributed by atoms with van der Waals surface area (Å²) in [4.78, 5) is 30.0. The number of methoxy groups -OCH3 is 1. The first-order valence-corrected chi connectivity index (χ1v) is 14.0. The second-order valence-corrected chi connectivity index (χ2v) is 11.7. The third-order valence-corrected chi connectivity index (χ3v) is 9.56. The average Bonchev–Trinajstić information content (AvgIpc) is 2.90. The molecule has 6 rings (SSSR count). The van der Waals surface area contributed by atoms with Crippen LogP contribution in [-0.2, 0) is 22.5 Å². The van der Waals surface area contributed by atoms with Gasteiger partial charge < -0.3 is 14.3 Å². The van der Waals surface area contributed by atoms with E-state index in [4.69, 9.17) is 20.8 Å². The highest BCUT2D eigenvalue weighted by atomic mass is 35.5. The van der Waals surface area contributed by atoms with Crippen LogP contribution in [0.3, 0.4) is 0 Å². The molecule has 2 bridgehead atoms. The molecule has 0 spiro atoms. The van der Waals surface area contributed by atoms with Gasteiger partial charge in [0.1, 0.15) is 11.3 Å². The third-order valence-electron chi connectivity index (χ3n) is 9.27. The van der Waals surface area contributed by atoms with Gasteiger partial charge in [-0.05, 0) is 75.6 Å². The normalized spacial score (nSPS) is 27.9. The Morgan fingerprint density at radius 1 is 1.24 bits per heavy atom. The second-order valence-electron chi connectivity index (χ2n) is 11.3. The molecule has 37 heavy (non-hydrogen) atoms. The van der Waals surface area contributed by atoms with Crippen molar-refractivity contribution in [1.29, 1.82) is 0 Å². The van der Waals surface area contributed by atoms with Crippen LogP contribution in [0.2, 0.25) is 5.02 Å². The smallest absolute Gasteiger partial charge is 0.340 e. The Balaban J connectivity index is 1.38. The van der Waals surface area contributed by atoms with Gasteiger partial charge in [-0.1, -0.05) is 29.7 Å². The van der Waals surface area contributed by atoms with Crippen molar-refractivity contribution in [2.45, 2.75) is 70.5 Å². The summed E-state index contributed by atoms with van der Waals surface area (Å²) in [7, 11) is 1.29. The van der Waals surface area contributed by atoms with Gasteiger partial charge in [0, 0.05) is 30.6 Å². The SMILES string of the molecule is COC(=O)Cc1c(C)c2cc(Cl)c(O)c(CN3CCCC4=C[C@@H]5C[C@@H](CN6CCCC[C@H]56)[C@@H]43)c2oc1=O. The molecule has 0 amide bonds. The summed E-state index contributed by atoms with van der Waals surface area (Å²) in [6.07, 6.45) is 9.78. The number of aryl methyl sites for hydroxylation is 1. The standard InChI is InChI=1S/C29H35ClN2O5/c1-16-20-12-23(30)27(34)22(28(20)37-29(35)21(16)13-25(33)36-2)15-32-9-5-6-17-10-18-11-19(26(17)32)14-31-8-4-3-7-24(18)31/h10,12,18-19,24,26,34H,3-9,11,13-15H2,1-2H3/t18-,19+,24-,26-/m1/s1. The fraction of sp³-hybridized carbons (Fsp3) is 0.586. The first-order chi connectivity index (χ1) is 17.9. The van der Waals surface area contributed by atoms with E-state index in [2.05, 4.69) is 15.9 Å². The van der Waals surface area contributed by atoms with Gasteiger partial charge in [0.25, 0.3) is 0 Å². The summed E-state index contributed by atoms with van der Waals surface area (Å²) < 4.78 is 10.5. The monoisotopic (exact) mass is 526 g/mol. The Morgan fingerprint density at radius 2 is 2.08 bits per heavy atom. The maximum Gasteiger partial charge on any atom is 0.340 e. The van der Waals surface area contributed by atoms with Crippen LogP contribution in [-0.4, -0.2) is 59.7 Å². The van der Waals surface area contributed by atoms with Crippen LogP contribution in [0.5, 0.6) is 5.75 Å². The third kappa shape index (κ3) is 4.29. The first-order valence-electron chi connectivity index (χ1n) is 13.6. The van der Waals surface area contributed by atoms with Gasteiger partial charge in [-0.15, -0.1) is 0 Å². The van der Waals surface area contributed by atoms with Crippen molar-refractivity contribution in [3.8, 4) is 5.75 Å². The van der Waals surface area contributed by atoms with E-state index in [1.54, 1.807) is 18.6 Å². The van der Waals surface area contributed by atoms with Crippen molar-refractivity contribution in [1.82, 2.24) is 9.80 Å². The molecule has 198 valence electrons. The number of phenols is 1. The van der Waals surface area contributed by atoms with Crippen molar-refractivity contribution < 1.29 is 19.1 Å². The minimum Gasteiger partial charge on any atom is -0.506 e. The molecule has 4 atom stereocenters. The van der Waals surface area contributed by atoms with Crippen molar-refractivity contribution in [3.05, 3.63) is 49.8 Å². The van der Waals surface area contributed by atoms with Gasteiger partial charge in [0.15, 0.2) is 0 Å². The average molecular weight is 527 g/mol. The van der Waals surface area contributed by atoms with Gasteiger partial charge in [-0.25, -0.2) is 4.79 Å². The van der Waals surface area contributed by atoms with Gasteiger partial charge >= 0.3 is 11.6 Å². The fourth-order valence-corrected chi connectivity index (χ4v) is 7.80. The summed E-state index contributed by atoms with van der Waals surface area (Å²) in [5, 5.41) is 11.9. The van der Waals surface area contributed by atoms with E-state index in [9.17, 15) is 14.7 Å². The van der Waals surface area contributed by atoms with Crippen molar-refractivity contribution >= 4 is 28.5 Å². The number of ether oxygens (including phenoxy) is 1. The Kier molecular flexibility index (Phi) is 6.58. The lowest BCUT2D eigenvalue weighted by atomic mass is 9.68. The number of nitrogens with zero attached hydrogens (tertiary/aromatic N) is 2. The summed E-state index contributed by atoms with van der Waals surface area (Å²) in [5.74, 6) is 0.667. The van der Waals surface area contributed by atoms with Crippen LogP contribution in [0.25, 0.3) is 11.0 Å². The number of carbonyl (C=O) groups excluding carboxylic acids is 1. The van der Waals surface area contributed by atoms with Gasteiger partial charge in [0.2, 0.25) is 0 Å². The number of hydrogen-bond acceptors (Lipinski definition) is 7. The molecule has 3 saturated heterocycles. The summed E-state index contributed by atoms with van der Waals surface area (Å²) in [6.45, 7) is 5.49. The van der Waals surface area contributed by atoms with Crippen LogP contribution in [0.1, 0.15) is 55.2 Å². The van der Waals surface area contributed by atoms with Crippen LogP contribution >= 0.6 is 11.6 Å². The molecule has 1 aliphatic carbocycles. The van der Waals surface area contributed by atoms with E-state index in [1.165, 1.54) is 39.3 Å². The zero-order valence-electron chi connectivity index (χ0n) is 21.6. The van der Waals surface area contributed by atoms with E-state index in [0.717, 1.165) is 25.9 Å². The minimum absolute atomic E-state index is 0.0398. The predicted molar refractivity (Wildman–Crippen MR) is 142 cm³/mol. The summed E-state index contributed by atoms with van der Waals surface area (Å²) in [5.41, 5.74) is 2.74. The van der Waals surface area contributed by atoms with Crippen LogP contribution < -0.4 is 5.63 Å². The number of likely N-dealkylation sites (tertiary alicyclic amines) is 1. The van der Waals surface area contributed by atoms with Gasteiger partial charge in [-0.2, -0.15) is 0 Å². The molecule has 7 nitrogen and oxygen atoms in total. The lowest BCUT2D eigenvalue weighted by Crippen LogP contribution is -2.59. The van der Waals surface area contributed by atoms with E-state index >= 15 is 0 Å². The van der Waals surface area contributed by atoms with Crippen LogP contribution in [0.4, 0.5) is 0 Å². The highest BCUT2D eigenvalue weighted by molar-refractivity contribution is 6.33. The largest absolute Gasteiger partial charge is 0.506 e. The molecule has 0 saturated carbocycles. The fourth-order valence-electron chi connectivity index (χ4n) is 7.57. The molecule has 0 radical (unpaired) electrons. The molecule has 4 aliphatic rings. The number of esters is 1. The van der Waals surface area contributed by atoms with Crippen molar-refractivity contribution in [3.63, 3.8) is 0 Å². The van der Waals surface area contributed by atoms with Crippen molar-refractivity contribution in [2.75, 3.05) is 26.7 Å². The van der Waals surface area contributed by atoms with E-state index in [-0.39, 0.29) is 22.8 Å². The van der Waals surface area contributed by atoms with E-state index in [0.29, 0.717) is 52.6 Å². The highest BCUT2D eigenvalue weighted by Gasteiger charge is 2.46.